The second kappa shape index (κ2) is 9.95. The smallest absolute Gasteiger partial charge is 0.338 e. The molecule has 1 atom stereocenters. The molecule has 0 saturated carbocycles. The molecule has 2 aromatic heterocycles. The SMILES string of the molecule is CCOC(=O)C1=C(c2ccccc2)N=c2s/c(=C/c3ccc(N(C)C)o3)c(=O)n2[C@@H]1c1ccc2c(c1)OCO2. The van der Waals surface area contributed by atoms with Gasteiger partial charge in [0.05, 0.1) is 28.5 Å². The number of thiazole rings is 1. The summed E-state index contributed by atoms with van der Waals surface area (Å²) in [5.74, 6) is 1.81. The van der Waals surface area contributed by atoms with E-state index in [1.54, 1.807) is 29.7 Å². The first-order valence-corrected chi connectivity index (χ1v) is 13.2. The van der Waals surface area contributed by atoms with Crippen molar-refractivity contribution in [2.45, 2.75) is 13.0 Å². The molecule has 9 nitrogen and oxygen atoms in total. The lowest BCUT2D eigenvalue weighted by Crippen LogP contribution is -2.40. The van der Waals surface area contributed by atoms with Gasteiger partial charge in [0.1, 0.15) is 5.76 Å². The Morgan fingerprint density at radius 1 is 1.13 bits per heavy atom. The molecule has 0 unspecified atom stereocenters. The minimum absolute atomic E-state index is 0.107. The summed E-state index contributed by atoms with van der Waals surface area (Å²) in [5.41, 5.74) is 1.85. The molecule has 0 fully saturated rings. The van der Waals surface area contributed by atoms with Gasteiger partial charge >= 0.3 is 5.97 Å². The van der Waals surface area contributed by atoms with Crippen molar-refractivity contribution in [3.63, 3.8) is 0 Å². The van der Waals surface area contributed by atoms with Crippen molar-refractivity contribution in [2.24, 2.45) is 4.99 Å². The van der Waals surface area contributed by atoms with Crippen molar-refractivity contribution >= 4 is 35.0 Å². The van der Waals surface area contributed by atoms with Gasteiger partial charge in [0, 0.05) is 31.8 Å². The fourth-order valence-electron chi connectivity index (χ4n) is 4.63. The van der Waals surface area contributed by atoms with Crippen LogP contribution in [0.2, 0.25) is 0 Å². The molecule has 0 radical (unpaired) electrons. The van der Waals surface area contributed by atoms with Crippen molar-refractivity contribution in [3.05, 3.63) is 103 Å². The maximum absolute atomic E-state index is 13.9. The Bertz CT molecular complexity index is 1780. The van der Waals surface area contributed by atoms with Gasteiger partial charge in [-0.25, -0.2) is 9.79 Å². The van der Waals surface area contributed by atoms with Crippen LogP contribution in [0.4, 0.5) is 5.88 Å². The zero-order valence-corrected chi connectivity index (χ0v) is 22.4. The third-order valence-corrected chi connectivity index (χ3v) is 7.40. The molecule has 0 spiro atoms. The van der Waals surface area contributed by atoms with E-state index in [9.17, 15) is 9.59 Å². The first-order valence-electron chi connectivity index (χ1n) is 12.4. The summed E-state index contributed by atoms with van der Waals surface area (Å²) < 4.78 is 24.5. The molecule has 0 amide bonds. The second-order valence-electron chi connectivity index (χ2n) is 9.11. The Labute approximate surface area is 227 Å². The molecular weight excluding hydrogens is 518 g/mol. The van der Waals surface area contributed by atoms with Crippen LogP contribution in [0.1, 0.15) is 29.9 Å². The number of rotatable bonds is 6. The largest absolute Gasteiger partial charge is 0.463 e. The van der Waals surface area contributed by atoms with Gasteiger partial charge in [-0.15, -0.1) is 0 Å². The quantitative estimate of drug-likeness (QED) is 0.344. The average Bonchev–Trinajstić information content (AvgIpc) is 3.68. The van der Waals surface area contributed by atoms with E-state index in [1.165, 1.54) is 11.3 Å². The number of furan rings is 1. The number of hydrogen-bond acceptors (Lipinski definition) is 9. The van der Waals surface area contributed by atoms with Crippen molar-refractivity contribution in [2.75, 3.05) is 32.4 Å². The number of anilines is 1. The summed E-state index contributed by atoms with van der Waals surface area (Å²) in [4.78, 5) is 34.6. The van der Waals surface area contributed by atoms with Crippen LogP contribution >= 0.6 is 11.3 Å². The Hall–Kier alpha value is -4.57. The van der Waals surface area contributed by atoms with Crippen molar-refractivity contribution in [1.82, 2.24) is 4.57 Å². The van der Waals surface area contributed by atoms with Crippen LogP contribution < -0.4 is 29.3 Å². The molecule has 4 heterocycles. The first kappa shape index (κ1) is 24.7. The second-order valence-corrected chi connectivity index (χ2v) is 10.1. The van der Waals surface area contributed by atoms with Gasteiger partial charge in [0.15, 0.2) is 22.2 Å². The van der Waals surface area contributed by atoms with E-state index >= 15 is 0 Å². The Balaban J connectivity index is 1.62. The third-order valence-electron chi connectivity index (χ3n) is 6.41. The molecule has 2 aliphatic heterocycles. The van der Waals surface area contributed by atoms with E-state index in [-0.39, 0.29) is 24.5 Å². The normalized spacial score (nSPS) is 16.2. The van der Waals surface area contributed by atoms with Crippen LogP contribution in [0.25, 0.3) is 11.8 Å². The molecule has 10 heteroatoms. The van der Waals surface area contributed by atoms with Crippen LogP contribution in [-0.4, -0.2) is 38.0 Å². The molecule has 6 rings (SSSR count). The number of benzene rings is 2. The zero-order valence-electron chi connectivity index (χ0n) is 21.5. The van der Waals surface area contributed by atoms with E-state index in [1.807, 2.05) is 67.5 Å². The summed E-state index contributed by atoms with van der Waals surface area (Å²) >= 11 is 1.24. The van der Waals surface area contributed by atoms with Gasteiger partial charge in [-0.2, -0.15) is 0 Å². The molecule has 2 aromatic carbocycles. The van der Waals surface area contributed by atoms with E-state index in [2.05, 4.69) is 0 Å². The van der Waals surface area contributed by atoms with Gasteiger partial charge in [-0.3, -0.25) is 9.36 Å². The standard InChI is InChI=1S/C29H25N3O6S/c1-4-35-28(34)24-25(17-8-6-5-7-9-17)30-29-32(26(24)18-10-12-20-21(14-18)37-16-36-20)27(33)22(39-29)15-19-11-13-23(38-19)31(2)3/h5-15,26H,4,16H2,1-3H3/b22-15+/t26-/m1/s1. The number of ether oxygens (including phenoxy) is 3. The number of nitrogens with zero attached hydrogens (tertiary/aromatic N) is 3. The summed E-state index contributed by atoms with van der Waals surface area (Å²) in [6, 6.07) is 17.7. The number of carbonyl (C=O) groups is 1. The van der Waals surface area contributed by atoms with Crippen molar-refractivity contribution < 1.29 is 23.4 Å². The first-order chi connectivity index (χ1) is 18.9. The molecule has 0 N–H and O–H groups in total. The van der Waals surface area contributed by atoms with Gasteiger partial charge in [0.2, 0.25) is 6.79 Å². The van der Waals surface area contributed by atoms with Crippen LogP contribution in [0.15, 0.2) is 80.4 Å². The average molecular weight is 544 g/mol. The lowest BCUT2D eigenvalue weighted by molar-refractivity contribution is -0.138. The Kier molecular flexibility index (Phi) is 6.32. The summed E-state index contributed by atoms with van der Waals surface area (Å²) in [6.07, 6.45) is 1.70. The summed E-state index contributed by atoms with van der Waals surface area (Å²) in [5, 5.41) is 0. The molecule has 39 heavy (non-hydrogen) atoms. The van der Waals surface area contributed by atoms with Gasteiger partial charge in [-0.1, -0.05) is 47.7 Å². The fourth-order valence-corrected chi connectivity index (χ4v) is 5.61. The molecular formula is C29H25N3O6S. The lowest BCUT2D eigenvalue weighted by atomic mass is 9.93. The van der Waals surface area contributed by atoms with E-state index in [4.69, 9.17) is 23.6 Å². The zero-order chi connectivity index (χ0) is 27.1. The van der Waals surface area contributed by atoms with Crippen LogP contribution in [-0.2, 0) is 9.53 Å². The molecule has 198 valence electrons. The summed E-state index contributed by atoms with van der Waals surface area (Å²) in [6.45, 7) is 2.03. The topological polar surface area (TPSA) is 95.5 Å². The highest BCUT2D eigenvalue weighted by molar-refractivity contribution is 7.07. The molecule has 2 aliphatic rings. The number of carbonyl (C=O) groups excluding carboxylic acids is 1. The predicted molar refractivity (Wildman–Crippen MR) is 147 cm³/mol. The number of esters is 1. The van der Waals surface area contributed by atoms with E-state index in [0.29, 0.717) is 43.7 Å². The monoisotopic (exact) mass is 543 g/mol. The summed E-state index contributed by atoms with van der Waals surface area (Å²) in [7, 11) is 3.76. The third kappa shape index (κ3) is 4.42. The maximum atomic E-state index is 13.9. The fraction of sp³-hybridized carbons (Fsp3) is 0.207. The van der Waals surface area contributed by atoms with Crippen molar-refractivity contribution in [3.8, 4) is 11.5 Å². The van der Waals surface area contributed by atoms with Gasteiger partial charge in [-0.05, 0) is 30.7 Å². The molecule has 4 aromatic rings. The minimum atomic E-state index is -0.805. The molecule has 0 bridgehead atoms. The highest BCUT2D eigenvalue weighted by Crippen LogP contribution is 2.40. The molecule has 0 saturated heterocycles. The van der Waals surface area contributed by atoms with E-state index in [0.717, 1.165) is 5.56 Å². The van der Waals surface area contributed by atoms with Gasteiger partial charge in [0.25, 0.3) is 5.56 Å². The maximum Gasteiger partial charge on any atom is 0.338 e. The number of aromatic nitrogens is 1. The highest BCUT2D eigenvalue weighted by Gasteiger charge is 2.36. The van der Waals surface area contributed by atoms with Crippen molar-refractivity contribution in [1.29, 1.82) is 0 Å². The Morgan fingerprint density at radius 3 is 2.67 bits per heavy atom. The predicted octanol–water partition coefficient (Wildman–Crippen LogP) is 3.32. The number of fused-ring (bicyclic) bond motifs is 2. The minimum Gasteiger partial charge on any atom is -0.463 e. The number of hydrogen-bond donors (Lipinski definition) is 0. The molecule has 0 aliphatic carbocycles. The lowest BCUT2D eigenvalue weighted by Gasteiger charge is -2.26. The highest BCUT2D eigenvalue weighted by atomic mass is 32.1. The van der Waals surface area contributed by atoms with E-state index < -0.39 is 12.0 Å². The van der Waals surface area contributed by atoms with Crippen LogP contribution in [0, 0.1) is 0 Å². The van der Waals surface area contributed by atoms with Crippen LogP contribution in [0.5, 0.6) is 11.5 Å². The Morgan fingerprint density at radius 2 is 1.92 bits per heavy atom. The van der Waals surface area contributed by atoms with Crippen LogP contribution in [0.3, 0.4) is 0 Å². The van der Waals surface area contributed by atoms with Gasteiger partial charge < -0.3 is 23.5 Å².